The van der Waals surface area contributed by atoms with Crippen LogP contribution in [0.4, 0.5) is 26.3 Å². The van der Waals surface area contributed by atoms with Crippen LogP contribution in [-0.2, 0) is 22.7 Å². The van der Waals surface area contributed by atoms with Crippen molar-refractivity contribution in [1.29, 1.82) is 0 Å². The highest BCUT2D eigenvalue weighted by atomic mass is 19.4. The minimum atomic E-state index is -5.07. The van der Waals surface area contributed by atoms with Gasteiger partial charge < -0.3 is 10.8 Å². The van der Waals surface area contributed by atoms with Crippen LogP contribution < -0.4 is 5.73 Å². The first-order valence-electron chi connectivity index (χ1n) is 5.64. The smallest absolute Gasteiger partial charge is 0.375 e. The Morgan fingerprint density at radius 1 is 1.00 bits per heavy atom. The van der Waals surface area contributed by atoms with Crippen molar-refractivity contribution in [2.75, 3.05) is 0 Å². The number of carbonyl (C=O) groups excluding carboxylic acids is 1. The number of carbonyl (C=O) groups is 1. The van der Waals surface area contributed by atoms with E-state index in [0.29, 0.717) is 0 Å². The summed E-state index contributed by atoms with van der Waals surface area (Å²) in [6.45, 7) is 1.21. The third kappa shape index (κ3) is 3.46. The lowest BCUT2D eigenvalue weighted by atomic mass is 9.87. The number of rotatable bonds is 3. The summed E-state index contributed by atoms with van der Waals surface area (Å²) in [6.07, 6.45) is -10.6. The predicted molar refractivity (Wildman–Crippen MR) is 59.8 cm³/mol. The average molecular weight is 315 g/mol. The highest BCUT2D eigenvalue weighted by Crippen LogP contribution is 2.39. The number of nitrogens with two attached hydrogens (primary N) is 1. The molecule has 0 saturated heterocycles. The van der Waals surface area contributed by atoms with Gasteiger partial charge in [0.25, 0.3) is 5.91 Å². The Labute approximate surface area is 115 Å². The Kier molecular flexibility index (Phi) is 4.29. The molecule has 1 rings (SSSR count). The summed E-state index contributed by atoms with van der Waals surface area (Å²) in [5.41, 5.74) is -1.83. The Morgan fingerprint density at radius 2 is 1.33 bits per heavy atom. The first kappa shape index (κ1) is 17.3. The zero-order valence-electron chi connectivity index (χ0n) is 10.6. The van der Waals surface area contributed by atoms with Gasteiger partial charge >= 0.3 is 12.4 Å². The van der Waals surface area contributed by atoms with E-state index >= 15 is 0 Å². The highest BCUT2D eigenvalue weighted by Gasteiger charge is 2.41. The second kappa shape index (κ2) is 5.21. The van der Waals surface area contributed by atoms with Crippen LogP contribution in [0.1, 0.15) is 30.0 Å². The van der Waals surface area contributed by atoms with E-state index in [9.17, 15) is 36.2 Å². The maximum Gasteiger partial charge on any atom is 0.416 e. The molecule has 1 amide bonds. The highest BCUT2D eigenvalue weighted by molar-refractivity contribution is 5.84. The summed E-state index contributed by atoms with van der Waals surface area (Å²) < 4.78 is 76.0. The molecule has 21 heavy (non-hydrogen) atoms. The quantitative estimate of drug-likeness (QED) is 0.843. The predicted octanol–water partition coefficient (Wildman–Crippen LogP) is 2.81. The lowest BCUT2D eigenvalue weighted by molar-refractivity contribution is -0.145. The van der Waals surface area contributed by atoms with E-state index < -0.39 is 47.0 Å². The van der Waals surface area contributed by atoms with Crippen molar-refractivity contribution in [2.24, 2.45) is 5.73 Å². The number of hydrogen-bond donors (Lipinski definition) is 2. The third-order valence-corrected chi connectivity index (χ3v) is 2.98. The Hall–Kier alpha value is -1.77. The minimum absolute atomic E-state index is 0.0967. The molecule has 1 atom stereocenters. The van der Waals surface area contributed by atoms with E-state index in [0.717, 1.165) is 0 Å². The molecule has 0 aromatic heterocycles. The van der Waals surface area contributed by atoms with Gasteiger partial charge in [-0.2, -0.15) is 26.3 Å². The van der Waals surface area contributed by atoms with Crippen molar-refractivity contribution in [3.8, 4) is 0 Å². The maximum absolute atomic E-state index is 12.7. The van der Waals surface area contributed by atoms with Crippen molar-refractivity contribution in [3.63, 3.8) is 0 Å². The van der Waals surface area contributed by atoms with Crippen LogP contribution in [0, 0.1) is 0 Å². The number of halogens is 6. The van der Waals surface area contributed by atoms with Gasteiger partial charge in [-0.15, -0.1) is 0 Å². The lowest BCUT2D eigenvalue weighted by Crippen LogP contribution is -2.41. The molecule has 3 nitrogen and oxygen atoms in total. The van der Waals surface area contributed by atoms with Crippen LogP contribution in [-0.4, -0.2) is 11.0 Å². The van der Waals surface area contributed by atoms with Gasteiger partial charge in [0.05, 0.1) is 11.1 Å². The molecule has 1 aromatic carbocycles. The fourth-order valence-electron chi connectivity index (χ4n) is 1.71. The van der Waals surface area contributed by atoms with Crippen molar-refractivity contribution < 1.29 is 36.2 Å². The van der Waals surface area contributed by atoms with E-state index in [4.69, 9.17) is 5.73 Å². The number of hydrogen-bond acceptors (Lipinski definition) is 2. The van der Waals surface area contributed by atoms with E-state index in [1.165, 1.54) is 6.92 Å². The second-order valence-corrected chi connectivity index (χ2v) is 4.37. The SMILES string of the molecule is CCC(O)(C(N)=O)c1cc(C(F)(F)F)cc(C(F)(F)F)c1. The summed E-state index contributed by atoms with van der Waals surface area (Å²) in [4.78, 5) is 11.2. The lowest BCUT2D eigenvalue weighted by Gasteiger charge is -2.25. The average Bonchev–Trinajstić information content (AvgIpc) is 2.34. The number of primary amides is 1. The molecule has 0 heterocycles. The Bertz CT molecular complexity index is 519. The van der Waals surface area contributed by atoms with Crippen LogP contribution in [0.3, 0.4) is 0 Å². The van der Waals surface area contributed by atoms with E-state index in [2.05, 4.69) is 0 Å². The topological polar surface area (TPSA) is 63.3 Å². The Morgan fingerprint density at radius 3 is 1.57 bits per heavy atom. The summed E-state index contributed by atoms with van der Waals surface area (Å²) in [5, 5.41) is 9.94. The molecule has 0 aliphatic carbocycles. The molecule has 9 heteroatoms. The molecule has 1 unspecified atom stereocenters. The fourth-order valence-corrected chi connectivity index (χ4v) is 1.71. The van der Waals surface area contributed by atoms with Gasteiger partial charge in [0.2, 0.25) is 0 Å². The summed E-state index contributed by atoms with van der Waals surface area (Å²) in [5.74, 6) is -1.43. The van der Waals surface area contributed by atoms with Crippen molar-refractivity contribution in [2.45, 2.75) is 31.3 Å². The molecule has 0 spiro atoms. The number of aliphatic hydroxyl groups is 1. The van der Waals surface area contributed by atoms with Crippen LogP contribution in [0.15, 0.2) is 18.2 Å². The fraction of sp³-hybridized carbons (Fsp3) is 0.417. The number of benzene rings is 1. The number of alkyl halides is 6. The standard InChI is InChI=1S/C12H11F6NO2/c1-2-10(21,9(19)20)6-3-7(11(13,14)15)5-8(4-6)12(16,17)18/h3-5,21H,2H2,1H3,(H2,19,20). The first-order valence-corrected chi connectivity index (χ1v) is 5.64. The van der Waals surface area contributed by atoms with E-state index in [1.807, 2.05) is 0 Å². The third-order valence-electron chi connectivity index (χ3n) is 2.98. The van der Waals surface area contributed by atoms with E-state index in [-0.39, 0.29) is 18.2 Å². The monoisotopic (exact) mass is 315 g/mol. The molecular formula is C12H11F6NO2. The number of amides is 1. The van der Waals surface area contributed by atoms with Crippen LogP contribution >= 0.6 is 0 Å². The van der Waals surface area contributed by atoms with Gasteiger partial charge in [0.1, 0.15) is 0 Å². The zero-order chi connectivity index (χ0) is 16.6. The molecular weight excluding hydrogens is 304 g/mol. The Balaban J connectivity index is 3.64. The molecule has 0 fully saturated rings. The van der Waals surface area contributed by atoms with Gasteiger partial charge in [-0.3, -0.25) is 4.79 Å². The first-order chi connectivity index (χ1) is 9.32. The molecule has 3 N–H and O–H groups in total. The van der Waals surface area contributed by atoms with Gasteiger partial charge in [0.15, 0.2) is 5.60 Å². The van der Waals surface area contributed by atoms with Crippen LogP contribution in [0.25, 0.3) is 0 Å². The summed E-state index contributed by atoms with van der Waals surface area (Å²) in [6, 6.07) is 0.466. The van der Waals surface area contributed by atoms with Crippen LogP contribution in [0.5, 0.6) is 0 Å². The zero-order valence-corrected chi connectivity index (χ0v) is 10.6. The second-order valence-electron chi connectivity index (χ2n) is 4.37. The summed E-state index contributed by atoms with van der Waals surface area (Å²) in [7, 11) is 0. The molecule has 118 valence electrons. The molecule has 0 aliphatic rings. The normalized spacial score (nSPS) is 15.6. The largest absolute Gasteiger partial charge is 0.416 e. The molecule has 1 aromatic rings. The van der Waals surface area contributed by atoms with Gasteiger partial charge in [0, 0.05) is 0 Å². The van der Waals surface area contributed by atoms with Gasteiger partial charge in [-0.05, 0) is 30.2 Å². The molecule has 0 saturated carbocycles. The van der Waals surface area contributed by atoms with E-state index in [1.54, 1.807) is 0 Å². The summed E-state index contributed by atoms with van der Waals surface area (Å²) >= 11 is 0. The van der Waals surface area contributed by atoms with Gasteiger partial charge in [-0.25, -0.2) is 0 Å². The van der Waals surface area contributed by atoms with Crippen molar-refractivity contribution >= 4 is 5.91 Å². The molecule has 0 aliphatic heterocycles. The minimum Gasteiger partial charge on any atom is -0.375 e. The van der Waals surface area contributed by atoms with Crippen molar-refractivity contribution in [3.05, 3.63) is 34.9 Å². The molecule has 0 bridgehead atoms. The van der Waals surface area contributed by atoms with Gasteiger partial charge in [-0.1, -0.05) is 6.92 Å². The molecule has 0 radical (unpaired) electrons. The maximum atomic E-state index is 12.7. The van der Waals surface area contributed by atoms with Crippen molar-refractivity contribution in [1.82, 2.24) is 0 Å². The van der Waals surface area contributed by atoms with Crippen LogP contribution in [0.2, 0.25) is 0 Å².